The first kappa shape index (κ1) is 12.1. The number of hydrogen-bond acceptors (Lipinski definition) is 4. The second-order valence-corrected chi connectivity index (χ2v) is 3.35. The number of nitrogens with two attached hydrogens (primary N) is 1. The van der Waals surface area contributed by atoms with Crippen LogP contribution in [0.15, 0.2) is 24.3 Å². The van der Waals surface area contributed by atoms with Gasteiger partial charge >= 0.3 is 0 Å². The highest BCUT2D eigenvalue weighted by Gasteiger charge is 2.12. The normalized spacial score (nSPS) is 11.9. The predicted molar refractivity (Wildman–Crippen MR) is 58.7 cm³/mol. The molecule has 1 rings (SSSR count). The van der Waals surface area contributed by atoms with E-state index in [1.165, 1.54) is 12.1 Å². The zero-order valence-electron chi connectivity index (χ0n) is 8.84. The van der Waals surface area contributed by atoms with Crippen LogP contribution in [0.3, 0.4) is 0 Å². The molecule has 1 aromatic rings. The second kappa shape index (κ2) is 5.22. The number of benzene rings is 1. The molecule has 0 fully saturated rings. The Bertz CT molecular complexity index is 406. The minimum atomic E-state index is -0.471. The Labute approximate surface area is 92.6 Å². The molecule has 0 saturated carbocycles. The van der Waals surface area contributed by atoms with Gasteiger partial charge in [-0.25, -0.2) is 0 Å². The maximum Gasteiger partial charge on any atom is 0.269 e. The zero-order valence-corrected chi connectivity index (χ0v) is 8.84. The van der Waals surface area contributed by atoms with Crippen LogP contribution in [-0.4, -0.2) is 17.4 Å². The quantitative estimate of drug-likeness (QED) is 0.580. The lowest BCUT2D eigenvalue weighted by Gasteiger charge is -2.13. The summed E-state index contributed by atoms with van der Waals surface area (Å²) >= 11 is 0. The average molecular weight is 223 g/mol. The molecule has 0 bridgehead atoms. The van der Waals surface area contributed by atoms with E-state index in [1.807, 2.05) is 0 Å². The third-order valence-corrected chi connectivity index (χ3v) is 2.14. The van der Waals surface area contributed by atoms with Crippen LogP contribution in [0, 0.1) is 10.1 Å². The number of carbonyl (C=O) groups is 1. The summed E-state index contributed by atoms with van der Waals surface area (Å²) in [6.45, 7) is 1.64. The molecule has 1 amide bonds. The monoisotopic (exact) mass is 223 g/mol. The van der Waals surface area contributed by atoms with E-state index in [0.29, 0.717) is 5.56 Å². The Balaban J connectivity index is 2.83. The van der Waals surface area contributed by atoms with Crippen molar-refractivity contribution in [3.8, 4) is 0 Å². The number of hydrogen-bond donors (Lipinski definition) is 2. The van der Waals surface area contributed by atoms with E-state index in [4.69, 9.17) is 5.73 Å². The average Bonchev–Trinajstić information content (AvgIpc) is 2.28. The number of carbonyl (C=O) groups excluding carboxylic acids is 1. The van der Waals surface area contributed by atoms with Crippen molar-refractivity contribution in [2.24, 2.45) is 5.73 Å². The molecule has 3 N–H and O–H groups in total. The fraction of sp³-hybridized carbons (Fsp3) is 0.300. The van der Waals surface area contributed by atoms with Crippen LogP contribution >= 0.6 is 0 Å². The number of rotatable bonds is 4. The van der Waals surface area contributed by atoms with Crippen LogP contribution < -0.4 is 11.1 Å². The molecule has 1 aromatic carbocycles. The zero-order chi connectivity index (χ0) is 12.1. The third-order valence-electron chi connectivity index (χ3n) is 2.14. The molecule has 0 aliphatic heterocycles. The smallest absolute Gasteiger partial charge is 0.269 e. The summed E-state index contributed by atoms with van der Waals surface area (Å²) in [6.07, 6.45) is 0. The number of nitro benzene ring substituents is 1. The highest BCUT2D eigenvalue weighted by atomic mass is 16.6. The van der Waals surface area contributed by atoms with Gasteiger partial charge in [-0.05, 0) is 12.5 Å². The summed E-state index contributed by atoms with van der Waals surface area (Å²) in [4.78, 5) is 21.1. The summed E-state index contributed by atoms with van der Waals surface area (Å²) in [6, 6.07) is 5.84. The van der Waals surface area contributed by atoms with Crippen molar-refractivity contribution in [1.82, 2.24) is 5.32 Å². The first-order valence-corrected chi connectivity index (χ1v) is 4.78. The first-order valence-electron chi connectivity index (χ1n) is 4.78. The molecule has 0 aliphatic rings. The van der Waals surface area contributed by atoms with Crippen LogP contribution in [0.4, 0.5) is 5.69 Å². The van der Waals surface area contributed by atoms with Gasteiger partial charge in [-0.2, -0.15) is 0 Å². The van der Waals surface area contributed by atoms with Crippen molar-refractivity contribution in [1.29, 1.82) is 0 Å². The molecule has 0 heterocycles. The van der Waals surface area contributed by atoms with Crippen LogP contribution in [0.1, 0.15) is 18.5 Å². The molecular formula is C10H13N3O3. The van der Waals surface area contributed by atoms with Gasteiger partial charge in [-0.3, -0.25) is 14.9 Å². The maximum absolute atomic E-state index is 11.0. The van der Waals surface area contributed by atoms with Crippen LogP contribution in [0.25, 0.3) is 0 Å². The lowest BCUT2D eigenvalue weighted by Crippen LogP contribution is -2.32. The molecule has 86 valence electrons. The number of nitrogens with zero attached hydrogens (tertiary/aromatic N) is 1. The van der Waals surface area contributed by atoms with Gasteiger partial charge < -0.3 is 11.1 Å². The lowest BCUT2D eigenvalue weighted by atomic mass is 10.1. The summed E-state index contributed by atoms with van der Waals surface area (Å²) in [5, 5.41) is 13.2. The fourth-order valence-electron chi connectivity index (χ4n) is 1.29. The Morgan fingerprint density at radius 3 is 2.88 bits per heavy atom. The SMILES string of the molecule is CC(NC(=O)CN)c1cccc([N+](=O)[O-])c1. The Morgan fingerprint density at radius 1 is 1.62 bits per heavy atom. The topological polar surface area (TPSA) is 98.3 Å². The minimum Gasteiger partial charge on any atom is -0.348 e. The number of non-ortho nitro benzene ring substituents is 1. The molecule has 0 aliphatic carbocycles. The van der Waals surface area contributed by atoms with E-state index < -0.39 is 4.92 Å². The Hall–Kier alpha value is -1.95. The fourth-order valence-corrected chi connectivity index (χ4v) is 1.29. The molecule has 0 aromatic heterocycles. The summed E-state index contributed by atoms with van der Waals surface area (Å²) in [5.41, 5.74) is 5.84. The van der Waals surface area contributed by atoms with Gasteiger partial charge in [0.15, 0.2) is 0 Å². The van der Waals surface area contributed by atoms with Gasteiger partial charge in [0.25, 0.3) is 5.69 Å². The van der Waals surface area contributed by atoms with Crippen molar-refractivity contribution >= 4 is 11.6 Å². The van der Waals surface area contributed by atoms with E-state index in [0.717, 1.165) is 0 Å². The van der Waals surface area contributed by atoms with Crippen molar-refractivity contribution < 1.29 is 9.72 Å². The summed E-state index contributed by atoms with van der Waals surface area (Å²) in [5.74, 6) is -0.293. The van der Waals surface area contributed by atoms with E-state index in [2.05, 4.69) is 5.32 Å². The lowest BCUT2D eigenvalue weighted by molar-refractivity contribution is -0.384. The maximum atomic E-state index is 11.0. The predicted octanol–water partition coefficient (Wildman–Crippen LogP) is 0.731. The molecule has 6 nitrogen and oxygen atoms in total. The molecule has 16 heavy (non-hydrogen) atoms. The van der Waals surface area contributed by atoms with Gasteiger partial charge in [0.2, 0.25) is 5.91 Å². The van der Waals surface area contributed by atoms with Gasteiger partial charge in [0, 0.05) is 12.1 Å². The molecule has 6 heteroatoms. The van der Waals surface area contributed by atoms with Crippen LogP contribution in [-0.2, 0) is 4.79 Å². The van der Waals surface area contributed by atoms with Crippen molar-refractivity contribution in [3.05, 3.63) is 39.9 Å². The van der Waals surface area contributed by atoms with Crippen molar-refractivity contribution in [2.75, 3.05) is 6.54 Å². The highest BCUT2D eigenvalue weighted by molar-refractivity contribution is 5.78. The van der Waals surface area contributed by atoms with Crippen molar-refractivity contribution in [3.63, 3.8) is 0 Å². The highest BCUT2D eigenvalue weighted by Crippen LogP contribution is 2.18. The van der Waals surface area contributed by atoms with Gasteiger partial charge in [-0.1, -0.05) is 12.1 Å². The standard InChI is InChI=1S/C10H13N3O3/c1-7(12-10(14)6-11)8-3-2-4-9(5-8)13(15)16/h2-5,7H,6,11H2,1H3,(H,12,14). The molecule has 0 radical (unpaired) electrons. The molecule has 0 saturated heterocycles. The van der Waals surface area contributed by atoms with E-state index in [1.54, 1.807) is 19.1 Å². The molecule has 1 unspecified atom stereocenters. The van der Waals surface area contributed by atoms with Gasteiger partial charge in [-0.15, -0.1) is 0 Å². The largest absolute Gasteiger partial charge is 0.348 e. The van der Waals surface area contributed by atoms with Gasteiger partial charge in [0.05, 0.1) is 17.5 Å². The van der Waals surface area contributed by atoms with Crippen LogP contribution in [0.2, 0.25) is 0 Å². The number of nitrogens with one attached hydrogen (secondary N) is 1. The van der Waals surface area contributed by atoms with Crippen molar-refractivity contribution in [2.45, 2.75) is 13.0 Å². The molecule has 0 spiro atoms. The number of amides is 1. The second-order valence-electron chi connectivity index (χ2n) is 3.35. The summed E-state index contributed by atoms with van der Waals surface area (Å²) < 4.78 is 0. The van der Waals surface area contributed by atoms with Gasteiger partial charge in [0.1, 0.15) is 0 Å². The first-order chi connectivity index (χ1) is 7.54. The minimum absolute atomic E-state index is 0.00588. The van der Waals surface area contributed by atoms with Crippen LogP contribution in [0.5, 0.6) is 0 Å². The number of nitro groups is 1. The third kappa shape index (κ3) is 3.03. The summed E-state index contributed by atoms with van der Waals surface area (Å²) in [7, 11) is 0. The molecule has 1 atom stereocenters. The molecular weight excluding hydrogens is 210 g/mol. The van der Waals surface area contributed by atoms with E-state index in [9.17, 15) is 14.9 Å². The van der Waals surface area contributed by atoms with E-state index >= 15 is 0 Å². The van der Waals surface area contributed by atoms with E-state index in [-0.39, 0.29) is 24.2 Å². The Morgan fingerprint density at radius 2 is 2.31 bits per heavy atom. The Kier molecular flexibility index (Phi) is 3.96.